The Labute approximate surface area is 109 Å². The topological polar surface area (TPSA) is 63.4 Å². The second-order valence-electron chi connectivity index (χ2n) is 4.19. The van der Waals surface area contributed by atoms with Crippen LogP contribution in [-0.2, 0) is 0 Å². The monoisotopic (exact) mass is 252 g/mol. The van der Waals surface area contributed by atoms with Crippen molar-refractivity contribution in [2.24, 2.45) is 5.84 Å². The maximum atomic E-state index is 5.63. The van der Waals surface area contributed by atoms with Crippen molar-refractivity contribution < 1.29 is 4.74 Å². The van der Waals surface area contributed by atoms with Gasteiger partial charge in [-0.1, -0.05) is 13.8 Å². The summed E-state index contributed by atoms with van der Waals surface area (Å²) in [6, 6.07) is 2.08. The van der Waals surface area contributed by atoms with E-state index in [0.717, 1.165) is 37.4 Å². The predicted octanol–water partition coefficient (Wildman–Crippen LogP) is 1.33. The molecular weight excluding hydrogens is 228 g/mol. The number of hydrogen-bond donors (Lipinski definition) is 2. The lowest BCUT2D eigenvalue weighted by Crippen LogP contribution is -2.32. The van der Waals surface area contributed by atoms with Crippen molar-refractivity contribution in [3.05, 3.63) is 24.0 Å². The lowest BCUT2D eigenvalue weighted by molar-refractivity contribution is 0.282. The van der Waals surface area contributed by atoms with Gasteiger partial charge in [0.2, 0.25) is 0 Å². The standard InChI is InChI=1S/C13H24N4O/c1-4-17(5-2)7-6-13(16-14)11-8-12(18-3)10-15-9-11/h8-10,13,16H,4-7,14H2,1-3H3. The first-order valence-electron chi connectivity index (χ1n) is 6.42. The van der Waals surface area contributed by atoms with Crippen LogP contribution in [0, 0.1) is 0 Å². The molecule has 1 rings (SSSR count). The minimum atomic E-state index is 0.105. The molecular formula is C13H24N4O. The van der Waals surface area contributed by atoms with Gasteiger partial charge in [-0.05, 0) is 37.7 Å². The largest absolute Gasteiger partial charge is 0.495 e. The molecule has 0 aromatic carbocycles. The van der Waals surface area contributed by atoms with E-state index in [1.807, 2.05) is 12.3 Å². The summed E-state index contributed by atoms with van der Waals surface area (Å²) in [6.07, 6.45) is 4.48. The summed E-state index contributed by atoms with van der Waals surface area (Å²) in [7, 11) is 1.64. The van der Waals surface area contributed by atoms with Crippen molar-refractivity contribution in [3.8, 4) is 5.75 Å². The molecule has 0 aliphatic heterocycles. The number of rotatable bonds is 8. The molecule has 1 atom stereocenters. The van der Waals surface area contributed by atoms with Gasteiger partial charge in [0.25, 0.3) is 0 Å². The van der Waals surface area contributed by atoms with Gasteiger partial charge in [-0.3, -0.25) is 16.3 Å². The third kappa shape index (κ3) is 4.25. The predicted molar refractivity (Wildman–Crippen MR) is 73.3 cm³/mol. The highest BCUT2D eigenvalue weighted by Gasteiger charge is 2.12. The molecule has 0 radical (unpaired) electrons. The Kier molecular flexibility index (Phi) is 6.64. The molecule has 1 unspecified atom stereocenters. The van der Waals surface area contributed by atoms with Crippen molar-refractivity contribution in [1.29, 1.82) is 0 Å². The highest BCUT2D eigenvalue weighted by molar-refractivity contribution is 5.25. The molecule has 5 heteroatoms. The normalized spacial score (nSPS) is 12.7. The Morgan fingerprint density at radius 2 is 2.11 bits per heavy atom. The zero-order chi connectivity index (χ0) is 13.4. The van der Waals surface area contributed by atoms with Gasteiger partial charge >= 0.3 is 0 Å². The lowest BCUT2D eigenvalue weighted by Gasteiger charge is -2.22. The van der Waals surface area contributed by atoms with Crippen LogP contribution < -0.4 is 16.0 Å². The van der Waals surface area contributed by atoms with Crippen LogP contribution in [-0.4, -0.2) is 36.6 Å². The van der Waals surface area contributed by atoms with Crippen LogP contribution in [0.1, 0.15) is 31.9 Å². The van der Waals surface area contributed by atoms with Crippen LogP contribution in [0.15, 0.2) is 18.5 Å². The summed E-state index contributed by atoms with van der Waals surface area (Å²) in [5.74, 6) is 6.39. The van der Waals surface area contributed by atoms with Gasteiger partial charge in [0.05, 0.1) is 13.3 Å². The molecule has 0 amide bonds. The molecule has 102 valence electrons. The van der Waals surface area contributed by atoms with Crippen molar-refractivity contribution in [2.75, 3.05) is 26.7 Å². The van der Waals surface area contributed by atoms with Crippen LogP contribution >= 0.6 is 0 Å². The third-order valence-corrected chi connectivity index (χ3v) is 3.20. The molecule has 0 spiro atoms. The second kappa shape index (κ2) is 8.02. The number of pyridine rings is 1. The maximum absolute atomic E-state index is 5.63. The Balaban J connectivity index is 2.64. The molecule has 0 aliphatic carbocycles. The Morgan fingerprint density at radius 3 is 2.67 bits per heavy atom. The molecule has 3 N–H and O–H groups in total. The van der Waals surface area contributed by atoms with Crippen LogP contribution in [0.5, 0.6) is 5.75 Å². The number of nitrogens with two attached hydrogens (primary N) is 1. The highest BCUT2D eigenvalue weighted by atomic mass is 16.5. The van der Waals surface area contributed by atoms with Crippen molar-refractivity contribution in [2.45, 2.75) is 26.3 Å². The molecule has 0 saturated heterocycles. The van der Waals surface area contributed by atoms with Crippen LogP contribution in [0.4, 0.5) is 0 Å². The van der Waals surface area contributed by atoms with Gasteiger partial charge in [-0.2, -0.15) is 0 Å². The number of ether oxygens (including phenoxy) is 1. The highest BCUT2D eigenvalue weighted by Crippen LogP contribution is 2.19. The molecule has 1 heterocycles. The van der Waals surface area contributed by atoms with Crippen LogP contribution in [0.2, 0.25) is 0 Å². The first-order valence-corrected chi connectivity index (χ1v) is 6.42. The van der Waals surface area contributed by atoms with Crippen molar-refractivity contribution in [3.63, 3.8) is 0 Å². The first-order chi connectivity index (χ1) is 8.74. The SMILES string of the molecule is CCN(CC)CCC(NN)c1cncc(OC)c1. The summed E-state index contributed by atoms with van der Waals surface area (Å²) in [5, 5.41) is 0. The average Bonchev–Trinajstić information content (AvgIpc) is 2.44. The van der Waals surface area contributed by atoms with Crippen molar-refractivity contribution in [1.82, 2.24) is 15.3 Å². The Morgan fingerprint density at radius 1 is 1.39 bits per heavy atom. The second-order valence-corrected chi connectivity index (χ2v) is 4.19. The molecule has 18 heavy (non-hydrogen) atoms. The smallest absolute Gasteiger partial charge is 0.137 e. The number of aromatic nitrogens is 1. The number of methoxy groups -OCH3 is 1. The van der Waals surface area contributed by atoms with E-state index < -0.39 is 0 Å². The van der Waals surface area contributed by atoms with E-state index in [4.69, 9.17) is 10.6 Å². The average molecular weight is 252 g/mol. The molecule has 0 aliphatic rings. The van der Waals surface area contributed by atoms with E-state index in [2.05, 4.69) is 29.2 Å². The first kappa shape index (κ1) is 14.9. The van der Waals surface area contributed by atoms with Gasteiger partial charge in [0, 0.05) is 12.2 Å². The Hall–Kier alpha value is -1.17. The molecule has 1 aromatic rings. The fraction of sp³-hybridized carbons (Fsp3) is 0.615. The Bertz CT molecular complexity index is 342. The number of hydrazine groups is 1. The maximum Gasteiger partial charge on any atom is 0.137 e. The molecule has 5 nitrogen and oxygen atoms in total. The minimum absolute atomic E-state index is 0.105. The summed E-state index contributed by atoms with van der Waals surface area (Å²) >= 11 is 0. The zero-order valence-corrected chi connectivity index (χ0v) is 11.5. The van der Waals surface area contributed by atoms with E-state index in [9.17, 15) is 0 Å². The van der Waals surface area contributed by atoms with E-state index in [0.29, 0.717) is 0 Å². The van der Waals surface area contributed by atoms with Crippen LogP contribution in [0.3, 0.4) is 0 Å². The van der Waals surface area contributed by atoms with Crippen LogP contribution in [0.25, 0.3) is 0 Å². The van der Waals surface area contributed by atoms with Gasteiger partial charge in [-0.15, -0.1) is 0 Å². The summed E-state index contributed by atoms with van der Waals surface area (Å²) in [4.78, 5) is 6.53. The van der Waals surface area contributed by atoms with Gasteiger partial charge in [0.1, 0.15) is 5.75 Å². The third-order valence-electron chi connectivity index (χ3n) is 3.20. The fourth-order valence-electron chi connectivity index (χ4n) is 1.94. The molecule has 0 bridgehead atoms. The van der Waals surface area contributed by atoms with Gasteiger partial charge in [0.15, 0.2) is 0 Å². The van der Waals surface area contributed by atoms with Gasteiger partial charge in [-0.25, -0.2) is 0 Å². The zero-order valence-electron chi connectivity index (χ0n) is 11.5. The minimum Gasteiger partial charge on any atom is -0.495 e. The molecule has 0 saturated carbocycles. The summed E-state index contributed by atoms with van der Waals surface area (Å²) < 4.78 is 5.18. The molecule has 1 aromatic heterocycles. The summed E-state index contributed by atoms with van der Waals surface area (Å²) in [6.45, 7) is 7.47. The van der Waals surface area contributed by atoms with E-state index in [1.165, 1.54) is 0 Å². The molecule has 0 fully saturated rings. The fourth-order valence-corrected chi connectivity index (χ4v) is 1.94. The summed E-state index contributed by atoms with van der Waals surface area (Å²) in [5.41, 5.74) is 3.91. The van der Waals surface area contributed by atoms with Crippen molar-refractivity contribution >= 4 is 0 Å². The van der Waals surface area contributed by atoms with E-state index in [1.54, 1.807) is 13.3 Å². The number of hydrogen-bond acceptors (Lipinski definition) is 5. The number of nitrogens with one attached hydrogen (secondary N) is 1. The van der Waals surface area contributed by atoms with E-state index in [-0.39, 0.29) is 6.04 Å². The van der Waals surface area contributed by atoms with Gasteiger partial charge < -0.3 is 9.64 Å². The number of nitrogens with zero attached hydrogens (tertiary/aromatic N) is 2. The lowest BCUT2D eigenvalue weighted by atomic mass is 10.1. The quantitative estimate of drug-likeness (QED) is 0.540. The van der Waals surface area contributed by atoms with E-state index >= 15 is 0 Å².